The molecule has 1 fully saturated rings. The van der Waals surface area contributed by atoms with Crippen LogP contribution in [0.1, 0.15) is 23.4 Å². The van der Waals surface area contributed by atoms with Crippen LogP contribution in [0.15, 0.2) is 22.8 Å². The number of hydrogen-bond acceptors (Lipinski definition) is 4. The Hall–Kier alpha value is -2.51. The van der Waals surface area contributed by atoms with Crippen LogP contribution in [0.25, 0.3) is 0 Å². The number of carbonyl (C=O) groups is 3. The molecule has 1 aromatic rings. The fourth-order valence-electron chi connectivity index (χ4n) is 2.43. The molecule has 0 aliphatic carbocycles. The Bertz CT molecular complexity index is 556. The largest absolute Gasteiger partial charge is 0.459 e. The summed E-state index contributed by atoms with van der Waals surface area (Å²) in [4.78, 5) is 38.5. The van der Waals surface area contributed by atoms with Crippen molar-refractivity contribution in [1.29, 1.82) is 0 Å². The molecule has 2 heterocycles. The lowest BCUT2D eigenvalue weighted by Gasteiger charge is -2.32. The quantitative estimate of drug-likeness (QED) is 0.832. The lowest BCUT2D eigenvalue weighted by molar-refractivity contribution is -0.121. The fourth-order valence-corrected chi connectivity index (χ4v) is 2.43. The van der Waals surface area contributed by atoms with E-state index in [0.717, 1.165) is 12.8 Å². The van der Waals surface area contributed by atoms with Crippen molar-refractivity contribution in [3.8, 4) is 0 Å². The van der Waals surface area contributed by atoms with Crippen LogP contribution in [0, 0.1) is 0 Å². The highest BCUT2D eigenvalue weighted by Gasteiger charge is 2.26. The molecule has 23 heavy (non-hydrogen) atoms. The number of likely N-dealkylation sites (tertiary alicyclic amines) is 1. The third-order valence-electron chi connectivity index (χ3n) is 3.61. The summed E-state index contributed by atoms with van der Waals surface area (Å²) in [6.07, 6.45) is 3.07. The van der Waals surface area contributed by atoms with Crippen LogP contribution in [0.5, 0.6) is 0 Å². The van der Waals surface area contributed by atoms with Crippen LogP contribution >= 0.6 is 0 Å². The van der Waals surface area contributed by atoms with Gasteiger partial charge in [-0.25, -0.2) is 4.79 Å². The average Bonchev–Trinajstić information content (AvgIpc) is 3.06. The van der Waals surface area contributed by atoms with Crippen LogP contribution in [0.3, 0.4) is 0 Å². The standard InChI is InChI=1S/C15H22N4O4/c1-18(2)15(22)16-9-13(20)17-11-5-3-7-19(10-11)14(21)12-6-4-8-23-12/h4,6,8,11H,3,5,7,9-10H2,1-2H3,(H,16,22)(H,17,20)/t11-/m0/s1. The first-order valence-electron chi connectivity index (χ1n) is 7.54. The zero-order valence-corrected chi connectivity index (χ0v) is 13.4. The average molecular weight is 322 g/mol. The van der Waals surface area contributed by atoms with Gasteiger partial charge >= 0.3 is 6.03 Å². The summed E-state index contributed by atoms with van der Waals surface area (Å²) in [6, 6.07) is 2.86. The SMILES string of the molecule is CN(C)C(=O)NCC(=O)N[C@H]1CCCN(C(=O)c2ccco2)C1. The molecular formula is C15H22N4O4. The Morgan fingerprint density at radius 2 is 2.17 bits per heavy atom. The molecule has 1 aliphatic heterocycles. The van der Waals surface area contributed by atoms with Crippen molar-refractivity contribution in [2.24, 2.45) is 0 Å². The maximum atomic E-state index is 12.2. The van der Waals surface area contributed by atoms with Gasteiger partial charge in [-0.2, -0.15) is 0 Å². The molecule has 0 saturated carbocycles. The first-order chi connectivity index (χ1) is 11.0. The smallest absolute Gasteiger partial charge is 0.317 e. The van der Waals surface area contributed by atoms with E-state index in [1.54, 1.807) is 31.1 Å². The zero-order chi connectivity index (χ0) is 16.8. The van der Waals surface area contributed by atoms with Gasteiger partial charge < -0.3 is 24.9 Å². The minimum absolute atomic E-state index is 0.0837. The lowest BCUT2D eigenvalue weighted by atomic mass is 10.1. The highest BCUT2D eigenvalue weighted by molar-refractivity contribution is 5.91. The molecule has 4 amide bonds. The second-order valence-corrected chi connectivity index (χ2v) is 5.69. The minimum atomic E-state index is -0.321. The highest BCUT2D eigenvalue weighted by Crippen LogP contribution is 2.14. The zero-order valence-electron chi connectivity index (χ0n) is 13.4. The summed E-state index contributed by atoms with van der Waals surface area (Å²) in [6.45, 7) is 0.996. The number of rotatable bonds is 4. The lowest BCUT2D eigenvalue weighted by Crippen LogP contribution is -2.51. The normalized spacial score (nSPS) is 17.5. The van der Waals surface area contributed by atoms with Crippen molar-refractivity contribution in [3.63, 3.8) is 0 Å². The summed E-state index contributed by atoms with van der Waals surface area (Å²) >= 11 is 0. The first kappa shape index (κ1) is 16.9. The van der Waals surface area contributed by atoms with Gasteiger partial charge in [0.1, 0.15) is 0 Å². The van der Waals surface area contributed by atoms with Gasteiger partial charge in [-0.05, 0) is 25.0 Å². The molecule has 2 rings (SSSR count). The van der Waals surface area contributed by atoms with Crippen molar-refractivity contribution in [2.45, 2.75) is 18.9 Å². The molecule has 1 saturated heterocycles. The van der Waals surface area contributed by atoms with Crippen molar-refractivity contribution < 1.29 is 18.8 Å². The molecule has 1 aliphatic rings. The van der Waals surface area contributed by atoms with Gasteiger partial charge in [-0.3, -0.25) is 9.59 Å². The molecule has 126 valence electrons. The second kappa shape index (κ2) is 7.66. The van der Waals surface area contributed by atoms with E-state index in [9.17, 15) is 14.4 Å². The molecule has 8 heteroatoms. The van der Waals surface area contributed by atoms with E-state index < -0.39 is 0 Å². The van der Waals surface area contributed by atoms with E-state index >= 15 is 0 Å². The molecular weight excluding hydrogens is 300 g/mol. The van der Waals surface area contributed by atoms with Gasteiger partial charge in [0.15, 0.2) is 5.76 Å². The summed E-state index contributed by atoms with van der Waals surface area (Å²) in [7, 11) is 3.21. The summed E-state index contributed by atoms with van der Waals surface area (Å²) in [5, 5.41) is 5.35. The number of hydrogen-bond donors (Lipinski definition) is 2. The molecule has 0 bridgehead atoms. The Labute approximate surface area is 134 Å². The Balaban J connectivity index is 1.81. The molecule has 2 N–H and O–H groups in total. The topological polar surface area (TPSA) is 94.9 Å². The van der Waals surface area contributed by atoms with E-state index in [1.807, 2.05) is 0 Å². The highest BCUT2D eigenvalue weighted by atomic mass is 16.3. The Morgan fingerprint density at radius 3 is 2.83 bits per heavy atom. The molecule has 1 aromatic heterocycles. The van der Waals surface area contributed by atoms with Crippen molar-refractivity contribution in [3.05, 3.63) is 24.2 Å². The predicted molar refractivity (Wildman–Crippen MR) is 82.9 cm³/mol. The van der Waals surface area contributed by atoms with Crippen LogP contribution in [0.4, 0.5) is 4.79 Å². The molecule has 0 radical (unpaired) electrons. The monoisotopic (exact) mass is 322 g/mol. The van der Waals surface area contributed by atoms with Gasteiger partial charge in [0.05, 0.1) is 12.8 Å². The van der Waals surface area contributed by atoms with Crippen LogP contribution < -0.4 is 10.6 Å². The first-order valence-corrected chi connectivity index (χ1v) is 7.54. The number of carbonyl (C=O) groups excluding carboxylic acids is 3. The van der Waals surface area contributed by atoms with E-state index in [4.69, 9.17) is 4.42 Å². The van der Waals surface area contributed by atoms with Crippen molar-refractivity contribution in [2.75, 3.05) is 33.7 Å². The van der Waals surface area contributed by atoms with E-state index in [-0.39, 0.29) is 30.4 Å². The minimum Gasteiger partial charge on any atom is -0.459 e. The van der Waals surface area contributed by atoms with Gasteiger partial charge in [0.2, 0.25) is 5.91 Å². The number of nitrogens with zero attached hydrogens (tertiary/aromatic N) is 2. The molecule has 0 aromatic carbocycles. The van der Waals surface area contributed by atoms with E-state index in [2.05, 4.69) is 10.6 Å². The van der Waals surface area contributed by atoms with Gasteiger partial charge in [-0.1, -0.05) is 0 Å². The maximum absolute atomic E-state index is 12.2. The van der Waals surface area contributed by atoms with E-state index in [0.29, 0.717) is 18.8 Å². The van der Waals surface area contributed by atoms with Crippen LogP contribution in [-0.4, -0.2) is 67.4 Å². The molecule has 1 atom stereocenters. The van der Waals surface area contributed by atoms with Gasteiger partial charge in [0.25, 0.3) is 5.91 Å². The van der Waals surface area contributed by atoms with Crippen LogP contribution in [0.2, 0.25) is 0 Å². The third-order valence-corrected chi connectivity index (χ3v) is 3.61. The maximum Gasteiger partial charge on any atom is 0.317 e. The number of piperidine rings is 1. The number of urea groups is 1. The van der Waals surface area contributed by atoms with E-state index in [1.165, 1.54) is 11.2 Å². The Kier molecular flexibility index (Phi) is 5.61. The van der Waals surface area contributed by atoms with Gasteiger partial charge in [-0.15, -0.1) is 0 Å². The van der Waals surface area contributed by atoms with Crippen molar-refractivity contribution in [1.82, 2.24) is 20.4 Å². The molecule has 8 nitrogen and oxygen atoms in total. The molecule has 0 spiro atoms. The number of amides is 4. The Morgan fingerprint density at radius 1 is 1.39 bits per heavy atom. The van der Waals surface area contributed by atoms with Crippen molar-refractivity contribution >= 4 is 17.8 Å². The van der Waals surface area contributed by atoms with Gasteiger partial charge in [0, 0.05) is 33.2 Å². The third kappa shape index (κ3) is 4.73. The molecule has 0 unspecified atom stereocenters. The second-order valence-electron chi connectivity index (χ2n) is 5.69. The number of nitrogens with one attached hydrogen (secondary N) is 2. The van der Waals surface area contributed by atoms with Crippen LogP contribution in [-0.2, 0) is 4.79 Å². The predicted octanol–water partition coefficient (Wildman–Crippen LogP) is 0.272. The number of furan rings is 1. The summed E-state index contributed by atoms with van der Waals surface area (Å²) in [5.74, 6) is -0.136. The fraction of sp³-hybridized carbons (Fsp3) is 0.533. The summed E-state index contributed by atoms with van der Waals surface area (Å²) < 4.78 is 5.12. The summed E-state index contributed by atoms with van der Waals surface area (Å²) in [5.41, 5.74) is 0.